The van der Waals surface area contributed by atoms with Gasteiger partial charge in [-0.2, -0.15) is 0 Å². The molecule has 2 rings (SSSR count). The van der Waals surface area contributed by atoms with E-state index in [1.807, 2.05) is 0 Å². The summed E-state index contributed by atoms with van der Waals surface area (Å²) in [7, 11) is 3.04. The molecule has 134 valence electrons. The number of nitrogens with one attached hydrogen (secondary N) is 2. The highest BCUT2D eigenvalue weighted by molar-refractivity contribution is 5.97. The average molecular weight is 352 g/mol. The molecule has 0 atom stereocenters. The van der Waals surface area contributed by atoms with Gasteiger partial charge < -0.3 is 20.1 Å². The molecular weight excluding hydrogens is 332 g/mol. The third-order valence-electron chi connectivity index (χ3n) is 3.43. The smallest absolute Gasteiger partial charge is 0.255 e. The summed E-state index contributed by atoms with van der Waals surface area (Å²) in [6, 6.07) is 12.1. The highest BCUT2D eigenvalue weighted by Gasteiger charge is 2.12. The first-order chi connectivity index (χ1) is 12.5. The quantitative estimate of drug-likeness (QED) is 0.811. The van der Waals surface area contributed by atoms with Crippen molar-refractivity contribution in [3.05, 3.63) is 53.6 Å². The van der Waals surface area contributed by atoms with Crippen LogP contribution in [0.5, 0.6) is 11.5 Å². The molecule has 6 heteroatoms. The molecule has 0 aliphatic carbocycles. The molecular formula is C20H20N2O4. The lowest BCUT2D eigenvalue weighted by molar-refractivity contribution is -0.114. The van der Waals surface area contributed by atoms with Gasteiger partial charge in [-0.25, -0.2) is 0 Å². The van der Waals surface area contributed by atoms with Gasteiger partial charge >= 0.3 is 0 Å². The molecule has 6 nitrogen and oxygen atoms in total. The molecule has 2 N–H and O–H groups in total. The Hall–Kier alpha value is -3.46. The Morgan fingerprint density at radius 1 is 1.04 bits per heavy atom. The zero-order chi connectivity index (χ0) is 18.9. The molecule has 0 saturated heterocycles. The van der Waals surface area contributed by atoms with Gasteiger partial charge in [0.1, 0.15) is 11.5 Å². The van der Waals surface area contributed by atoms with Crippen molar-refractivity contribution in [1.29, 1.82) is 0 Å². The number of rotatable bonds is 5. The van der Waals surface area contributed by atoms with Crippen molar-refractivity contribution in [2.24, 2.45) is 0 Å². The number of amides is 2. The van der Waals surface area contributed by atoms with Crippen molar-refractivity contribution in [2.45, 2.75) is 6.92 Å². The molecule has 0 aliphatic rings. The molecule has 0 saturated carbocycles. The lowest BCUT2D eigenvalue weighted by atomic mass is 10.1. The number of benzene rings is 2. The van der Waals surface area contributed by atoms with Crippen LogP contribution in [0.4, 0.5) is 5.69 Å². The molecule has 0 spiro atoms. The van der Waals surface area contributed by atoms with Crippen LogP contribution in [0.25, 0.3) is 0 Å². The SMILES string of the molecule is COc1ccc(C(=O)NCC#Cc2ccc(NC(C)=O)cc2)c(OC)c1. The van der Waals surface area contributed by atoms with E-state index in [9.17, 15) is 9.59 Å². The van der Waals surface area contributed by atoms with Gasteiger partial charge in [-0.15, -0.1) is 0 Å². The number of methoxy groups -OCH3 is 2. The van der Waals surface area contributed by atoms with Gasteiger partial charge in [0.2, 0.25) is 5.91 Å². The van der Waals surface area contributed by atoms with Gasteiger partial charge in [-0.3, -0.25) is 9.59 Å². The third-order valence-corrected chi connectivity index (χ3v) is 3.43. The second-order valence-corrected chi connectivity index (χ2v) is 5.31. The van der Waals surface area contributed by atoms with E-state index in [0.29, 0.717) is 22.7 Å². The fourth-order valence-corrected chi connectivity index (χ4v) is 2.19. The maximum Gasteiger partial charge on any atom is 0.255 e. The minimum atomic E-state index is -0.278. The van der Waals surface area contributed by atoms with Crippen molar-refractivity contribution >= 4 is 17.5 Å². The Labute approximate surface area is 152 Å². The minimum absolute atomic E-state index is 0.125. The number of hydrogen-bond acceptors (Lipinski definition) is 4. The van der Waals surface area contributed by atoms with Gasteiger partial charge in [0.05, 0.1) is 26.3 Å². The van der Waals surface area contributed by atoms with Crippen LogP contribution in [0.2, 0.25) is 0 Å². The molecule has 0 fully saturated rings. The molecule has 0 radical (unpaired) electrons. The molecule has 2 aromatic carbocycles. The van der Waals surface area contributed by atoms with E-state index in [1.54, 1.807) is 49.6 Å². The highest BCUT2D eigenvalue weighted by atomic mass is 16.5. The lowest BCUT2D eigenvalue weighted by Crippen LogP contribution is -2.24. The predicted octanol–water partition coefficient (Wildman–Crippen LogP) is 2.44. The summed E-state index contributed by atoms with van der Waals surface area (Å²) in [4.78, 5) is 23.2. The maximum absolute atomic E-state index is 12.2. The fourth-order valence-electron chi connectivity index (χ4n) is 2.19. The Balaban J connectivity index is 1.95. The molecule has 0 heterocycles. The number of carbonyl (C=O) groups excluding carboxylic acids is 2. The average Bonchev–Trinajstić information content (AvgIpc) is 2.65. The normalized spacial score (nSPS) is 9.50. The van der Waals surface area contributed by atoms with E-state index in [2.05, 4.69) is 22.5 Å². The first kappa shape index (κ1) is 18.9. The molecule has 0 aromatic heterocycles. The van der Waals surface area contributed by atoms with E-state index in [0.717, 1.165) is 5.56 Å². The van der Waals surface area contributed by atoms with Crippen LogP contribution in [0.1, 0.15) is 22.8 Å². The van der Waals surface area contributed by atoms with Crippen molar-refractivity contribution in [3.8, 4) is 23.3 Å². The highest BCUT2D eigenvalue weighted by Crippen LogP contribution is 2.24. The largest absolute Gasteiger partial charge is 0.497 e. The Morgan fingerprint density at radius 2 is 1.77 bits per heavy atom. The maximum atomic E-state index is 12.2. The molecule has 26 heavy (non-hydrogen) atoms. The summed E-state index contributed by atoms with van der Waals surface area (Å²) < 4.78 is 10.3. The van der Waals surface area contributed by atoms with Gasteiger partial charge in [0.15, 0.2) is 0 Å². The Bertz CT molecular complexity index is 848. The zero-order valence-corrected chi connectivity index (χ0v) is 14.9. The Kier molecular flexibility index (Phi) is 6.63. The number of anilines is 1. The number of hydrogen-bond donors (Lipinski definition) is 2. The third kappa shape index (κ3) is 5.28. The van der Waals surface area contributed by atoms with Gasteiger partial charge in [-0.1, -0.05) is 11.8 Å². The number of ether oxygens (including phenoxy) is 2. The first-order valence-corrected chi connectivity index (χ1v) is 7.90. The van der Waals surface area contributed by atoms with Gasteiger partial charge in [0, 0.05) is 24.2 Å². The summed E-state index contributed by atoms with van der Waals surface area (Å²) in [5.41, 5.74) is 1.91. The van der Waals surface area contributed by atoms with Crippen LogP contribution in [0, 0.1) is 11.8 Å². The summed E-state index contributed by atoms with van der Waals surface area (Å²) in [5.74, 6) is 6.48. The number of carbonyl (C=O) groups is 2. The van der Waals surface area contributed by atoms with Crippen molar-refractivity contribution in [3.63, 3.8) is 0 Å². The fraction of sp³-hybridized carbons (Fsp3) is 0.200. The molecule has 2 amide bonds. The van der Waals surface area contributed by atoms with E-state index in [1.165, 1.54) is 14.0 Å². The van der Waals surface area contributed by atoms with Crippen LogP contribution in [0.3, 0.4) is 0 Å². The lowest BCUT2D eigenvalue weighted by Gasteiger charge is -2.09. The van der Waals surface area contributed by atoms with Crippen molar-refractivity contribution < 1.29 is 19.1 Å². The van der Waals surface area contributed by atoms with Gasteiger partial charge in [0.25, 0.3) is 5.91 Å². The van der Waals surface area contributed by atoms with Crippen LogP contribution < -0.4 is 20.1 Å². The monoisotopic (exact) mass is 352 g/mol. The molecule has 2 aromatic rings. The van der Waals surface area contributed by atoms with Crippen LogP contribution >= 0.6 is 0 Å². The minimum Gasteiger partial charge on any atom is -0.497 e. The summed E-state index contributed by atoms with van der Waals surface area (Å²) >= 11 is 0. The van der Waals surface area contributed by atoms with Crippen molar-refractivity contribution in [1.82, 2.24) is 5.32 Å². The van der Waals surface area contributed by atoms with Crippen LogP contribution in [0.15, 0.2) is 42.5 Å². The summed E-state index contributed by atoms with van der Waals surface area (Å²) in [6.45, 7) is 1.65. The Morgan fingerprint density at radius 3 is 2.38 bits per heavy atom. The first-order valence-electron chi connectivity index (χ1n) is 7.90. The molecule has 0 aliphatic heterocycles. The van der Waals surface area contributed by atoms with E-state index in [-0.39, 0.29) is 18.4 Å². The van der Waals surface area contributed by atoms with Crippen LogP contribution in [-0.2, 0) is 4.79 Å². The van der Waals surface area contributed by atoms with E-state index in [4.69, 9.17) is 9.47 Å². The molecule has 0 unspecified atom stereocenters. The second-order valence-electron chi connectivity index (χ2n) is 5.31. The molecule has 0 bridgehead atoms. The van der Waals surface area contributed by atoms with E-state index >= 15 is 0 Å². The predicted molar refractivity (Wildman–Crippen MR) is 99.5 cm³/mol. The zero-order valence-electron chi connectivity index (χ0n) is 14.9. The topological polar surface area (TPSA) is 76.7 Å². The van der Waals surface area contributed by atoms with Crippen LogP contribution in [-0.4, -0.2) is 32.6 Å². The van der Waals surface area contributed by atoms with E-state index < -0.39 is 0 Å². The van der Waals surface area contributed by atoms with Gasteiger partial charge in [-0.05, 0) is 36.4 Å². The second kappa shape index (κ2) is 9.14. The summed E-state index contributed by atoms with van der Waals surface area (Å²) in [5, 5.41) is 5.41. The summed E-state index contributed by atoms with van der Waals surface area (Å²) in [6.07, 6.45) is 0. The standard InChI is InChI=1S/C20H20N2O4/c1-14(23)22-16-8-6-15(7-9-16)5-4-12-21-20(24)18-11-10-17(25-2)13-19(18)26-3/h6-11,13H,12H2,1-3H3,(H,21,24)(H,22,23). The van der Waals surface area contributed by atoms with Crippen molar-refractivity contribution in [2.75, 3.05) is 26.1 Å².